The molecule has 0 unspecified atom stereocenters. The molecule has 0 atom stereocenters. The molecule has 1 radical (unpaired) electrons. The predicted octanol–water partition coefficient (Wildman–Crippen LogP) is 5.42. The van der Waals surface area contributed by atoms with Gasteiger partial charge in [0, 0.05) is 23.7 Å². The van der Waals surface area contributed by atoms with Crippen LogP contribution in [0.15, 0.2) is 72.9 Å². The number of methoxy groups -OCH3 is 2. The number of aromatic nitrogens is 1. The van der Waals surface area contributed by atoms with Gasteiger partial charge in [-0.2, -0.15) is 0 Å². The maximum atomic E-state index is 6.01. The average molecular weight is 386 g/mol. The fraction of sp³-hybridized carbons (Fsp3) is 0.125. The monoisotopic (exact) mass is 386 g/mol. The highest BCUT2D eigenvalue weighted by molar-refractivity contribution is 5.88. The molecule has 5 nitrogen and oxygen atoms in total. The van der Waals surface area contributed by atoms with Crippen LogP contribution in [0, 0.1) is 6.07 Å². The average Bonchev–Trinajstić information content (AvgIpc) is 2.78. The van der Waals surface area contributed by atoms with Crippen LogP contribution >= 0.6 is 0 Å². The van der Waals surface area contributed by atoms with E-state index in [4.69, 9.17) is 18.9 Å². The summed E-state index contributed by atoms with van der Waals surface area (Å²) in [6.45, 7) is 0.444. The second-order valence-electron chi connectivity index (χ2n) is 6.30. The molecule has 145 valence electrons. The van der Waals surface area contributed by atoms with Gasteiger partial charge in [-0.3, -0.25) is 4.98 Å². The van der Waals surface area contributed by atoms with Crippen molar-refractivity contribution in [3.8, 4) is 28.7 Å². The minimum atomic E-state index is 0.444. The molecule has 0 bridgehead atoms. The van der Waals surface area contributed by atoms with Crippen LogP contribution in [0.4, 0.5) is 0 Å². The molecule has 0 spiro atoms. The summed E-state index contributed by atoms with van der Waals surface area (Å²) in [7, 11) is 3.23. The normalized spacial score (nSPS) is 10.6. The van der Waals surface area contributed by atoms with E-state index in [-0.39, 0.29) is 0 Å². The van der Waals surface area contributed by atoms with Crippen LogP contribution in [0.25, 0.3) is 10.9 Å². The number of rotatable bonds is 7. The van der Waals surface area contributed by atoms with Crippen molar-refractivity contribution in [2.24, 2.45) is 0 Å². The van der Waals surface area contributed by atoms with E-state index >= 15 is 0 Å². The van der Waals surface area contributed by atoms with Crippen molar-refractivity contribution >= 4 is 10.9 Å². The van der Waals surface area contributed by atoms with Gasteiger partial charge in [0.15, 0.2) is 11.5 Å². The summed E-state index contributed by atoms with van der Waals surface area (Å²) in [6, 6.07) is 23.9. The molecule has 0 saturated heterocycles. The number of hydrogen-bond acceptors (Lipinski definition) is 5. The Morgan fingerprint density at radius 1 is 0.862 bits per heavy atom. The van der Waals surface area contributed by atoms with Gasteiger partial charge in [-0.25, -0.2) is 0 Å². The summed E-state index contributed by atoms with van der Waals surface area (Å²) in [5.41, 5.74) is 1.83. The number of benzene rings is 3. The standard InChI is InChI=1S/C24H20NO4/c1-26-18-8-10-19(11-9-18)29-22-12-13-25-21-15-24(23(27-2)14-20(21)22)28-16-17-6-4-3-5-7-17/h3-10,12-15H,16H2,1-2H3. The Balaban J connectivity index is 1.63. The first-order valence-corrected chi connectivity index (χ1v) is 9.14. The molecule has 0 saturated carbocycles. The Morgan fingerprint density at radius 2 is 1.72 bits per heavy atom. The van der Waals surface area contributed by atoms with E-state index in [1.165, 1.54) is 0 Å². The zero-order chi connectivity index (χ0) is 20.1. The Kier molecular flexibility index (Phi) is 5.47. The first kappa shape index (κ1) is 18.6. The molecular formula is C24H20NO4. The fourth-order valence-corrected chi connectivity index (χ4v) is 2.93. The third-order valence-corrected chi connectivity index (χ3v) is 4.44. The number of pyridine rings is 1. The molecule has 0 aliphatic heterocycles. The van der Waals surface area contributed by atoms with Crippen molar-refractivity contribution in [1.29, 1.82) is 0 Å². The Labute approximate surface area is 169 Å². The molecule has 1 aromatic heterocycles. The maximum absolute atomic E-state index is 6.01. The second kappa shape index (κ2) is 8.52. The number of hydrogen-bond donors (Lipinski definition) is 0. The van der Waals surface area contributed by atoms with Crippen molar-refractivity contribution in [2.75, 3.05) is 14.2 Å². The topological polar surface area (TPSA) is 49.8 Å². The fourth-order valence-electron chi connectivity index (χ4n) is 2.93. The van der Waals surface area contributed by atoms with Gasteiger partial charge in [0.25, 0.3) is 0 Å². The third-order valence-electron chi connectivity index (χ3n) is 4.44. The molecule has 5 heteroatoms. The smallest absolute Gasteiger partial charge is 0.163 e. The lowest BCUT2D eigenvalue weighted by Crippen LogP contribution is -1.98. The van der Waals surface area contributed by atoms with Crippen molar-refractivity contribution < 1.29 is 18.9 Å². The Bertz CT molecular complexity index is 1100. The van der Waals surface area contributed by atoms with Gasteiger partial charge in [-0.05, 0) is 35.9 Å². The SMILES string of the molecule is COc1c[c]c(Oc2ccnc3cc(OCc4ccccc4)c(OC)cc23)cc1. The molecule has 4 aromatic rings. The third kappa shape index (κ3) is 4.24. The minimum absolute atomic E-state index is 0.444. The quantitative estimate of drug-likeness (QED) is 0.424. The highest BCUT2D eigenvalue weighted by Gasteiger charge is 2.12. The van der Waals surface area contributed by atoms with Crippen molar-refractivity contribution in [1.82, 2.24) is 4.98 Å². The summed E-state index contributed by atoms with van der Waals surface area (Å²) >= 11 is 0. The summed E-state index contributed by atoms with van der Waals surface area (Å²) in [5.74, 6) is 3.21. The van der Waals surface area contributed by atoms with Gasteiger partial charge in [0.1, 0.15) is 23.9 Å². The highest BCUT2D eigenvalue weighted by Crippen LogP contribution is 2.37. The number of fused-ring (bicyclic) bond motifs is 1. The lowest BCUT2D eigenvalue weighted by molar-refractivity contribution is 0.285. The highest BCUT2D eigenvalue weighted by atomic mass is 16.5. The first-order chi connectivity index (χ1) is 14.3. The van der Waals surface area contributed by atoms with Gasteiger partial charge in [0.2, 0.25) is 0 Å². The number of ether oxygens (including phenoxy) is 4. The summed E-state index contributed by atoms with van der Waals surface area (Å²) in [6.07, 6.45) is 1.70. The predicted molar refractivity (Wildman–Crippen MR) is 111 cm³/mol. The molecule has 0 aliphatic carbocycles. The molecular weight excluding hydrogens is 366 g/mol. The zero-order valence-corrected chi connectivity index (χ0v) is 16.2. The lowest BCUT2D eigenvalue weighted by atomic mass is 10.1. The van der Waals surface area contributed by atoms with Crippen LogP contribution in [0.2, 0.25) is 0 Å². The lowest BCUT2D eigenvalue weighted by Gasteiger charge is -2.14. The summed E-state index contributed by atoms with van der Waals surface area (Å²) in [5, 5.41) is 0.820. The van der Waals surface area contributed by atoms with E-state index in [2.05, 4.69) is 11.1 Å². The van der Waals surface area contributed by atoms with E-state index in [0.29, 0.717) is 29.6 Å². The Hall–Kier alpha value is -3.73. The van der Waals surface area contributed by atoms with Crippen LogP contribution in [0.3, 0.4) is 0 Å². The van der Waals surface area contributed by atoms with Gasteiger partial charge in [0.05, 0.1) is 19.7 Å². The zero-order valence-electron chi connectivity index (χ0n) is 16.2. The largest absolute Gasteiger partial charge is 0.497 e. The van der Waals surface area contributed by atoms with Crippen LogP contribution in [-0.4, -0.2) is 19.2 Å². The van der Waals surface area contributed by atoms with Crippen molar-refractivity contribution in [2.45, 2.75) is 6.61 Å². The molecule has 0 fully saturated rings. The van der Waals surface area contributed by atoms with Gasteiger partial charge in [-0.1, -0.05) is 30.3 Å². The van der Waals surface area contributed by atoms with Gasteiger partial charge < -0.3 is 18.9 Å². The van der Waals surface area contributed by atoms with E-state index in [1.807, 2.05) is 54.6 Å². The van der Waals surface area contributed by atoms with Gasteiger partial charge in [-0.15, -0.1) is 0 Å². The maximum Gasteiger partial charge on any atom is 0.163 e. The molecule has 29 heavy (non-hydrogen) atoms. The van der Waals surface area contributed by atoms with E-state index in [1.54, 1.807) is 32.5 Å². The van der Waals surface area contributed by atoms with Crippen molar-refractivity contribution in [3.63, 3.8) is 0 Å². The molecule has 0 aliphatic rings. The van der Waals surface area contributed by atoms with E-state index < -0.39 is 0 Å². The van der Waals surface area contributed by atoms with Crippen LogP contribution in [0.5, 0.6) is 28.7 Å². The first-order valence-electron chi connectivity index (χ1n) is 9.14. The summed E-state index contributed by atoms with van der Waals surface area (Å²) < 4.78 is 22.7. The summed E-state index contributed by atoms with van der Waals surface area (Å²) in [4.78, 5) is 4.46. The molecule has 4 rings (SSSR count). The second-order valence-corrected chi connectivity index (χ2v) is 6.30. The van der Waals surface area contributed by atoms with E-state index in [9.17, 15) is 0 Å². The van der Waals surface area contributed by atoms with Gasteiger partial charge >= 0.3 is 0 Å². The van der Waals surface area contributed by atoms with Crippen LogP contribution in [0.1, 0.15) is 5.56 Å². The van der Waals surface area contributed by atoms with E-state index in [0.717, 1.165) is 22.2 Å². The van der Waals surface area contributed by atoms with Crippen LogP contribution in [-0.2, 0) is 6.61 Å². The molecule has 0 amide bonds. The number of nitrogens with zero attached hydrogens (tertiary/aromatic N) is 1. The van der Waals surface area contributed by atoms with Crippen LogP contribution < -0.4 is 18.9 Å². The molecule has 0 N–H and O–H groups in total. The minimum Gasteiger partial charge on any atom is -0.497 e. The Morgan fingerprint density at radius 3 is 2.45 bits per heavy atom. The van der Waals surface area contributed by atoms with Crippen molar-refractivity contribution in [3.05, 3.63) is 84.6 Å². The molecule has 3 aromatic carbocycles. The molecule has 1 heterocycles.